The van der Waals surface area contributed by atoms with Gasteiger partial charge in [0.1, 0.15) is 0 Å². The first-order valence-electron chi connectivity index (χ1n) is 5.15. The van der Waals surface area contributed by atoms with E-state index < -0.39 is 12.4 Å². The van der Waals surface area contributed by atoms with Crippen LogP contribution in [0.5, 0.6) is 5.88 Å². The lowest BCUT2D eigenvalue weighted by Gasteiger charge is -2.13. The van der Waals surface area contributed by atoms with Gasteiger partial charge in [-0.3, -0.25) is 4.79 Å². The number of halogens is 2. The SMILES string of the molecule is COC(=O)Cc1c(C(F)F)cc(CN)nc1OC. The third-order valence-corrected chi connectivity index (χ3v) is 2.36. The van der Waals surface area contributed by atoms with Crippen LogP contribution in [0.1, 0.15) is 23.2 Å². The minimum atomic E-state index is -2.74. The Morgan fingerprint density at radius 2 is 2.17 bits per heavy atom. The van der Waals surface area contributed by atoms with Gasteiger partial charge in [-0.15, -0.1) is 0 Å². The van der Waals surface area contributed by atoms with Crippen LogP contribution in [0, 0.1) is 0 Å². The number of esters is 1. The van der Waals surface area contributed by atoms with Crippen molar-refractivity contribution in [3.8, 4) is 5.88 Å². The molecule has 7 heteroatoms. The van der Waals surface area contributed by atoms with Crippen LogP contribution in [0.3, 0.4) is 0 Å². The Labute approximate surface area is 103 Å². The summed E-state index contributed by atoms with van der Waals surface area (Å²) >= 11 is 0. The Kier molecular flexibility index (Phi) is 4.96. The second-order valence-corrected chi connectivity index (χ2v) is 3.45. The summed E-state index contributed by atoms with van der Waals surface area (Å²) in [5.41, 5.74) is 5.35. The predicted octanol–water partition coefficient (Wildman–Crippen LogP) is 1.20. The van der Waals surface area contributed by atoms with Crippen LogP contribution >= 0.6 is 0 Å². The molecule has 0 aliphatic rings. The minimum Gasteiger partial charge on any atom is -0.481 e. The highest BCUT2D eigenvalue weighted by Gasteiger charge is 2.22. The van der Waals surface area contributed by atoms with Crippen LogP contribution in [-0.4, -0.2) is 25.2 Å². The number of carbonyl (C=O) groups excluding carboxylic acids is 1. The van der Waals surface area contributed by atoms with Gasteiger partial charge in [0, 0.05) is 17.7 Å². The van der Waals surface area contributed by atoms with E-state index >= 15 is 0 Å². The van der Waals surface area contributed by atoms with Crippen molar-refractivity contribution in [2.75, 3.05) is 14.2 Å². The van der Waals surface area contributed by atoms with E-state index in [4.69, 9.17) is 10.5 Å². The molecular formula is C11H14F2N2O3. The molecule has 0 aromatic carbocycles. The van der Waals surface area contributed by atoms with Crippen molar-refractivity contribution in [3.05, 3.63) is 22.9 Å². The second kappa shape index (κ2) is 6.25. The standard InChI is InChI=1S/C11H14F2N2O3/c1-17-9(16)4-8-7(10(12)13)3-6(5-14)15-11(8)18-2/h3,10H,4-5,14H2,1-2H3. The quantitative estimate of drug-likeness (QED) is 0.805. The van der Waals surface area contributed by atoms with Crippen LogP contribution in [0.2, 0.25) is 0 Å². The monoisotopic (exact) mass is 260 g/mol. The molecule has 0 saturated heterocycles. The number of nitrogens with zero attached hydrogens (tertiary/aromatic N) is 1. The first-order valence-corrected chi connectivity index (χ1v) is 5.15. The number of alkyl halides is 2. The van der Waals surface area contributed by atoms with Gasteiger partial charge in [0.15, 0.2) is 0 Å². The lowest BCUT2D eigenvalue weighted by atomic mass is 10.1. The Bertz CT molecular complexity index is 439. The normalized spacial score (nSPS) is 10.6. The van der Waals surface area contributed by atoms with Crippen molar-refractivity contribution in [3.63, 3.8) is 0 Å². The molecule has 1 aromatic heterocycles. The first-order chi connectivity index (χ1) is 8.53. The molecule has 0 spiro atoms. The smallest absolute Gasteiger partial charge is 0.310 e. The van der Waals surface area contributed by atoms with Crippen LogP contribution in [0.25, 0.3) is 0 Å². The van der Waals surface area contributed by atoms with Gasteiger partial charge in [-0.25, -0.2) is 13.8 Å². The largest absolute Gasteiger partial charge is 0.481 e. The molecule has 0 atom stereocenters. The number of hydrogen-bond donors (Lipinski definition) is 1. The zero-order valence-corrected chi connectivity index (χ0v) is 10.1. The number of ether oxygens (including phenoxy) is 2. The molecule has 0 aliphatic carbocycles. The molecular weight excluding hydrogens is 246 g/mol. The summed E-state index contributed by atoms with van der Waals surface area (Å²) < 4.78 is 35.2. The van der Waals surface area contributed by atoms with E-state index in [9.17, 15) is 13.6 Å². The number of methoxy groups -OCH3 is 2. The van der Waals surface area contributed by atoms with Crippen LogP contribution in [0.4, 0.5) is 8.78 Å². The summed E-state index contributed by atoms with van der Waals surface area (Å²) in [4.78, 5) is 15.2. The average Bonchev–Trinajstić information content (AvgIpc) is 2.38. The van der Waals surface area contributed by atoms with E-state index in [0.717, 1.165) is 0 Å². The number of carbonyl (C=O) groups is 1. The summed E-state index contributed by atoms with van der Waals surface area (Å²) in [5, 5.41) is 0. The van der Waals surface area contributed by atoms with Gasteiger partial charge < -0.3 is 15.2 Å². The fraction of sp³-hybridized carbons (Fsp3) is 0.455. The molecule has 100 valence electrons. The van der Waals surface area contributed by atoms with Gasteiger partial charge in [0.2, 0.25) is 5.88 Å². The Balaban J connectivity index is 3.30. The number of aromatic nitrogens is 1. The number of hydrogen-bond acceptors (Lipinski definition) is 5. The molecule has 0 radical (unpaired) electrons. The van der Waals surface area contributed by atoms with Crippen LogP contribution in [0.15, 0.2) is 6.07 Å². The van der Waals surface area contributed by atoms with Gasteiger partial charge in [-0.2, -0.15) is 0 Å². The van der Waals surface area contributed by atoms with Crippen molar-refractivity contribution in [2.45, 2.75) is 19.4 Å². The van der Waals surface area contributed by atoms with Crippen molar-refractivity contribution >= 4 is 5.97 Å². The highest BCUT2D eigenvalue weighted by molar-refractivity contribution is 5.73. The maximum Gasteiger partial charge on any atom is 0.310 e. The van der Waals surface area contributed by atoms with E-state index in [-0.39, 0.29) is 35.7 Å². The highest BCUT2D eigenvalue weighted by atomic mass is 19.3. The summed E-state index contributed by atoms with van der Waals surface area (Å²) in [6, 6.07) is 1.17. The molecule has 18 heavy (non-hydrogen) atoms. The molecule has 0 fully saturated rings. The van der Waals surface area contributed by atoms with E-state index in [1.807, 2.05) is 0 Å². The fourth-order valence-electron chi connectivity index (χ4n) is 1.48. The summed E-state index contributed by atoms with van der Waals surface area (Å²) in [6.45, 7) is 0.00852. The van der Waals surface area contributed by atoms with E-state index in [1.165, 1.54) is 20.3 Å². The van der Waals surface area contributed by atoms with Gasteiger partial charge in [0.05, 0.1) is 26.3 Å². The highest BCUT2D eigenvalue weighted by Crippen LogP contribution is 2.30. The van der Waals surface area contributed by atoms with Gasteiger partial charge in [0.25, 0.3) is 6.43 Å². The van der Waals surface area contributed by atoms with Gasteiger partial charge in [-0.1, -0.05) is 0 Å². The van der Waals surface area contributed by atoms with E-state index in [1.54, 1.807) is 0 Å². The van der Waals surface area contributed by atoms with Crippen molar-refractivity contribution in [2.24, 2.45) is 5.73 Å². The lowest BCUT2D eigenvalue weighted by Crippen LogP contribution is -2.12. The van der Waals surface area contributed by atoms with Gasteiger partial charge in [-0.05, 0) is 6.07 Å². The molecule has 2 N–H and O–H groups in total. The molecule has 1 heterocycles. The second-order valence-electron chi connectivity index (χ2n) is 3.45. The molecule has 0 amide bonds. The molecule has 5 nitrogen and oxygen atoms in total. The topological polar surface area (TPSA) is 74.4 Å². The fourth-order valence-corrected chi connectivity index (χ4v) is 1.48. The summed E-state index contributed by atoms with van der Waals surface area (Å²) in [5.74, 6) is -0.670. The zero-order valence-electron chi connectivity index (χ0n) is 10.1. The van der Waals surface area contributed by atoms with Crippen LogP contribution in [-0.2, 0) is 22.5 Å². The third kappa shape index (κ3) is 3.13. The van der Waals surface area contributed by atoms with Crippen molar-refractivity contribution in [1.29, 1.82) is 0 Å². The molecule has 0 aliphatic heterocycles. The maximum absolute atomic E-state index is 12.9. The third-order valence-electron chi connectivity index (χ3n) is 2.36. The first kappa shape index (κ1) is 14.3. The summed E-state index contributed by atoms with van der Waals surface area (Å²) in [7, 11) is 2.47. The van der Waals surface area contributed by atoms with Crippen molar-refractivity contribution in [1.82, 2.24) is 4.98 Å². The molecule has 1 aromatic rings. The summed E-state index contributed by atoms with van der Waals surface area (Å²) in [6.07, 6.45) is -3.07. The molecule has 0 bridgehead atoms. The Morgan fingerprint density at radius 3 is 2.61 bits per heavy atom. The molecule has 1 rings (SSSR count). The maximum atomic E-state index is 12.9. The van der Waals surface area contributed by atoms with Crippen LogP contribution < -0.4 is 10.5 Å². The molecule has 0 saturated carbocycles. The predicted molar refractivity (Wildman–Crippen MR) is 59.4 cm³/mol. The number of rotatable bonds is 5. The molecule has 0 unspecified atom stereocenters. The Hall–Kier alpha value is -1.76. The van der Waals surface area contributed by atoms with Gasteiger partial charge >= 0.3 is 5.97 Å². The van der Waals surface area contributed by atoms with E-state index in [2.05, 4.69) is 9.72 Å². The van der Waals surface area contributed by atoms with E-state index in [0.29, 0.717) is 0 Å². The Morgan fingerprint density at radius 1 is 1.50 bits per heavy atom. The minimum absolute atomic E-state index is 0.00852. The van der Waals surface area contributed by atoms with Crippen molar-refractivity contribution < 1.29 is 23.0 Å². The lowest BCUT2D eigenvalue weighted by molar-refractivity contribution is -0.139. The zero-order chi connectivity index (χ0) is 13.7. The average molecular weight is 260 g/mol. The number of pyridine rings is 1. The number of nitrogens with two attached hydrogens (primary N) is 1.